The van der Waals surface area contributed by atoms with Crippen LogP contribution >= 0.6 is 0 Å². The van der Waals surface area contributed by atoms with Gasteiger partial charge in [-0.05, 0) is 128 Å². The molecule has 0 aliphatic heterocycles. The summed E-state index contributed by atoms with van der Waals surface area (Å²) in [7, 11) is 0. The van der Waals surface area contributed by atoms with Gasteiger partial charge >= 0.3 is 0 Å². The molecule has 0 fully saturated rings. The summed E-state index contributed by atoms with van der Waals surface area (Å²) < 4.78 is 0. The van der Waals surface area contributed by atoms with Crippen molar-refractivity contribution in [1.29, 1.82) is 0 Å². The van der Waals surface area contributed by atoms with Crippen molar-refractivity contribution in [3.05, 3.63) is 124 Å². The Bertz CT molecular complexity index is 1830. The third-order valence-corrected chi connectivity index (χ3v) is 10.3. The maximum atomic E-state index is 2.50. The Morgan fingerprint density at radius 3 is 1.58 bits per heavy atom. The summed E-state index contributed by atoms with van der Waals surface area (Å²) in [5.41, 5.74) is 16.4. The minimum absolute atomic E-state index is 0.104. The topological polar surface area (TPSA) is 3.24 Å². The normalized spacial score (nSPS) is 14.0. The van der Waals surface area contributed by atoms with Crippen LogP contribution in [0.15, 0.2) is 84.9 Å². The van der Waals surface area contributed by atoms with Gasteiger partial charge in [-0.2, -0.15) is 0 Å². The summed E-state index contributed by atoms with van der Waals surface area (Å²) in [5, 5.41) is 2.85. The van der Waals surface area contributed by atoms with E-state index in [1.165, 1.54) is 77.9 Å². The Labute approximate surface area is 272 Å². The molecular weight excluding hydrogens is 542 g/mol. The van der Waals surface area contributed by atoms with Crippen LogP contribution in [0, 0.1) is 6.92 Å². The number of rotatable bonds is 5. The molecule has 232 valence electrons. The molecule has 0 amide bonds. The lowest BCUT2D eigenvalue weighted by Crippen LogP contribution is -2.26. The van der Waals surface area contributed by atoms with Crippen molar-refractivity contribution in [2.24, 2.45) is 0 Å². The highest BCUT2D eigenvalue weighted by Crippen LogP contribution is 2.53. The van der Waals surface area contributed by atoms with Gasteiger partial charge < -0.3 is 4.90 Å². The van der Waals surface area contributed by atoms with Crippen LogP contribution in [0.1, 0.15) is 108 Å². The minimum atomic E-state index is -0.140. The van der Waals surface area contributed by atoms with Crippen LogP contribution in [0.3, 0.4) is 0 Å². The van der Waals surface area contributed by atoms with Crippen molar-refractivity contribution < 1.29 is 0 Å². The molecule has 0 aromatic heterocycles. The first-order valence-corrected chi connectivity index (χ1v) is 16.9. The van der Waals surface area contributed by atoms with E-state index in [9.17, 15) is 0 Å². The van der Waals surface area contributed by atoms with E-state index in [-0.39, 0.29) is 16.2 Å². The Balaban J connectivity index is 1.64. The lowest BCUT2D eigenvalue weighted by Gasteiger charge is -2.39. The van der Waals surface area contributed by atoms with Crippen molar-refractivity contribution in [2.45, 2.75) is 105 Å². The molecule has 0 unspecified atom stereocenters. The standard InChI is InChI=1S/C44H51N/c1-12-29-25-28(3)36-15-14-16-37-41(36)40(29)39-30(13-2)26-35(27-38(39)44(37,10)11)45(33-21-17-31(18-22-33)42(4,5)6)34-23-19-32(20-24-34)43(7,8)9/h14-27H,12-13H2,1-11H3. The second-order valence-electron chi connectivity index (χ2n) is 15.7. The van der Waals surface area contributed by atoms with Gasteiger partial charge in [0.15, 0.2) is 0 Å². The van der Waals surface area contributed by atoms with Crippen molar-refractivity contribution in [2.75, 3.05) is 4.90 Å². The van der Waals surface area contributed by atoms with E-state index < -0.39 is 0 Å². The number of nitrogens with zero attached hydrogens (tertiary/aromatic N) is 1. The molecule has 0 saturated carbocycles. The van der Waals surface area contributed by atoms with E-state index in [4.69, 9.17) is 0 Å². The van der Waals surface area contributed by atoms with Crippen molar-refractivity contribution >= 4 is 27.8 Å². The lowest BCUT2D eigenvalue weighted by atomic mass is 9.66. The molecule has 0 radical (unpaired) electrons. The minimum Gasteiger partial charge on any atom is -0.310 e. The number of aryl methyl sites for hydroxylation is 3. The van der Waals surface area contributed by atoms with Crippen LogP contribution in [0.2, 0.25) is 0 Å². The zero-order valence-electron chi connectivity index (χ0n) is 29.4. The van der Waals surface area contributed by atoms with E-state index >= 15 is 0 Å². The summed E-state index contributed by atoms with van der Waals surface area (Å²) in [6.07, 6.45) is 2.00. The third-order valence-electron chi connectivity index (χ3n) is 10.3. The fourth-order valence-electron chi connectivity index (χ4n) is 7.50. The Kier molecular flexibility index (Phi) is 7.55. The van der Waals surface area contributed by atoms with Crippen molar-refractivity contribution in [3.63, 3.8) is 0 Å². The summed E-state index contributed by atoms with van der Waals surface area (Å²) in [6, 6.07) is 32.8. The maximum absolute atomic E-state index is 2.50. The first-order chi connectivity index (χ1) is 21.2. The molecule has 1 aliphatic rings. The van der Waals surface area contributed by atoms with Gasteiger partial charge in [0.2, 0.25) is 0 Å². The molecule has 5 aromatic rings. The van der Waals surface area contributed by atoms with Gasteiger partial charge in [-0.3, -0.25) is 0 Å². The van der Waals surface area contributed by atoms with Crippen molar-refractivity contribution in [3.8, 4) is 11.1 Å². The zero-order valence-corrected chi connectivity index (χ0v) is 29.4. The van der Waals surface area contributed by atoms with Crippen LogP contribution in [0.4, 0.5) is 17.1 Å². The molecular formula is C44H51N. The van der Waals surface area contributed by atoms with Gasteiger partial charge in [0.25, 0.3) is 0 Å². The summed E-state index contributed by atoms with van der Waals surface area (Å²) >= 11 is 0. The lowest BCUT2D eigenvalue weighted by molar-refractivity contribution is 0.590. The molecule has 0 atom stereocenters. The molecule has 1 nitrogen and oxygen atoms in total. The van der Waals surface area contributed by atoms with Gasteiger partial charge in [0, 0.05) is 22.5 Å². The van der Waals surface area contributed by atoms with E-state index in [0.717, 1.165) is 12.8 Å². The smallest absolute Gasteiger partial charge is 0.0467 e. The van der Waals surface area contributed by atoms with Gasteiger partial charge in [-0.1, -0.05) is 118 Å². The highest BCUT2D eigenvalue weighted by atomic mass is 15.1. The molecule has 0 heterocycles. The number of benzene rings is 5. The predicted molar refractivity (Wildman–Crippen MR) is 197 cm³/mol. The van der Waals surface area contributed by atoms with Crippen molar-refractivity contribution in [1.82, 2.24) is 0 Å². The molecule has 1 heteroatoms. The molecule has 0 N–H and O–H groups in total. The SMILES string of the molecule is CCc1cc(N(c2ccc(C(C)(C)C)cc2)c2ccc(C(C)(C)C)cc2)cc2c1-c1c(CC)cc(C)c3cccc(c13)C2(C)C. The average molecular weight is 594 g/mol. The van der Waals surface area contributed by atoms with E-state index in [0.29, 0.717) is 0 Å². The summed E-state index contributed by atoms with van der Waals surface area (Å²) in [4.78, 5) is 2.47. The molecule has 5 aromatic carbocycles. The largest absolute Gasteiger partial charge is 0.310 e. The number of hydrogen-bond acceptors (Lipinski definition) is 1. The molecule has 6 rings (SSSR count). The second-order valence-corrected chi connectivity index (χ2v) is 15.7. The van der Waals surface area contributed by atoms with Crippen LogP contribution < -0.4 is 4.90 Å². The number of hydrogen-bond donors (Lipinski definition) is 0. The van der Waals surface area contributed by atoms with Crippen LogP contribution in [0.25, 0.3) is 21.9 Å². The Hall–Kier alpha value is -3.84. The number of anilines is 3. The highest BCUT2D eigenvalue weighted by Gasteiger charge is 2.37. The van der Waals surface area contributed by atoms with E-state index in [2.05, 4.69) is 166 Å². The third kappa shape index (κ3) is 5.19. The molecule has 0 bridgehead atoms. The van der Waals surface area contributed by atoms with E-state index in [1.54, 1.807) is 0 Å². The monoisotopic (exact) mass is 593 g/mol. The van der Waals surface area contributed by atoms with Crippen LogP contribution in [-0.2, 0) is 29.1 Å². The Morgan fingerprint density at radius 2 is 1.09 bits per heavy atom. The zero-order chi connectivity index (χ0) is 32.5. The molecule has 45 heavy (non-hydrogen) atoms. The first-order valence-electron chi connectivity index (χ1n) is 16.9. The summed E-state index contributed by atoms with van der Waals surface area (Å²) in [5.74, 6) is 0. The van der Waals surface area contributed by atoms with E-state index in [1.807, 2.05) is 0 Å². The predicted octanol–water partition coefficient (Wildman–Crippen LogP) is 12.6. The fourth-order valence-corrected chi connectivity index (χ4v) is 7.50. The second kappa shape index (κ2) is 10.9. The van der Waals surface area contributed by atoms with Crippen LogP contribution in [0.5, 0.6) is 0 Å². The van der Waals surface area contributed by atoms with Gasteiger partial charge in [-0.25, -0.2) is 0 Å². The quantitative estimate of drug-likeness (QED) is 0.196. The fraction of sp³-hybridized carbons (Fsp3) is 0.364. The molecule has 1 aliphatic carbocycles. The van der Waals surface area contributed by atoms with Crippen LogP contribution in [-0.4, -0.2) is 0 Å². The number of fused-ring (bicyclic) bond motifs is 2. The Morgan fingerprint density at radius 1 is 0.578 bits per heavy atom. The average Bonchev–Trinajstić information content (AvgIpc) is 3.00. The van der Waals surface area contributed by atoms with Gasteiger partial charge in [0.1, 0.15) is 0 Å². The van der Waals surface area contributed by atoms with Gasteiger partial charge in [-0.15, -0.1) is 0 Å². The highest BCUT2D eigenvalue weighted by molar-refractivity contribution is 6.07. The molecule has 0 spiro atoms. The first kappa shape index (κ1) is 31.2. The maximum Gasteiger partial charge on any atom is 0.0467 e. The molecule has 0 saturated heterocycles. The summed E-state index contributed by atoms with van der Waals surface area (Å²) in [6.45, 7) is 25.5. The van der Waals surface area contributed by atoms with Gasteiger partial charge in [0.05, 0.1) is 0 Å².